The monoisotopic (exact) mass is 374 g/mol. The van der Waals surface area contributed by atoms with Gasteiger partial charge in [0.1, 0.15) is 12.4 Å². The summed E-state index contributed by atoms with van der Waals surface area (Å²) in [6, 6.07) is 24.1. The van der Waals surface area contributed by atoms with Gasteiger partial charge in [0.2, 0.25) is 0 Å². The van der Waals surface area contributed by atoms with E-state index in [1.807, 2.05) is 54.6 Å². The van der Waals surface area contributed by atoms with Crippen LogP contribution in [0.15, 0.2) is 84.0 Å². The van der Waals surface area contributed by atoms with Crippen molar-refractivity contribution < 1.29 is 4.74 Å². The van der Waals surface area contributed by atoms with Crippen molar-refractivity contribution in [3.63, 3.8) is 0 Å². The maximum Gasteiger partial charge on any atom is 0.191 e. The molecule has 0 fully saturated rings. The molecule has 0 saturated carbocycles. The van der Waals surface area contributed by atoms with Crippen LogP contribution in [0.2, 0.25) is 0 Å². The van der Waals surface area contributed by atoms with Gasteiger partial charge >= 0.3 is 0 Å². The van der Waals surface area contributed by atoms with Crippen LogP contribution in [0.5, 0.6) is 5.75 Å². The van der Waals surface area contributed by atoms with Gasteiger partial charge in [0.05, 0.1) is 18.8 Å². The van der Waals surface area contributed by atoms with E-state index in [2.05, 4.69) is 45.7 Å². The van der Waals surface area contributed by atoms with E-state index in [-0.39, 0.29) is 0 Å². The lowest BCUT2D eigenvalue weighted by Gasteiger charge is -2.11. The fraction of sp³-hybridized carbons (Fsp3) is 0.217. The first-order valence-electron chi connectivity index (χ1n) is 9.51. The van der Waals surface area contributed by atoms with Crippen molar-refractivity contribution in [3.8, 4) is 5.75 Å². The lowest BCUT2D eigenvalue weighted by molar-refractivity contribution is 0.306. The van der Waals surface area contributed by atoms with Gasteiger partial charge in [0.25, 0.3) is 0 Å². The molecule has 0 radical (unpaired) electrons. The molecular weight excluding hydrogens is 348 g/mol. The Hall–Kier alpha value is -3.34. The molecule has 5 heteroatoms. The molecule has 5 nitrogen and oxygen atoms in total. The summed E-state index contributed by atoms with van der Waals surface area (Å²) in [5.74, 6) is 1.62. The molecule has 0 aliphatic carbocycles. The molecule has 28 heavy (non-hydrogen) atoms. The molecule has 0 atom stereocenters. The van der Waals surface area contributed by atoms with Crippen LogP contribution in [-0.2, 0) is 19.7 Å². The molecule has 1 aromatic heterocycles. The van der Waals surface area contributed by atoms with E-state index in [4.69, 9.17) is 4.74 Å². The van der Waals surface area contributed by atoms with Crippen LogP contribution in [0.3, 0.4) is 0 Å². The van der Waals surface area contributed by atoms with Crippen LogP contribution < -0.4 is 15.4 Å². The van der Waals surface area contributed by atoms with E-state index in [0.717, 1.165) is 35.1 Å². The highest BCUT2D eigenvalue weighted by Gasteiger charge is 2.01. The Labute approximate surface area is 166 Å². The number of aliphatic imine (C=N–C) groups is 1. The fourth-order valence-electron chi connectivity index (χ4n) is 2.66. The topological polar surface area (TPSA) is 58.5 Å². The van der Waals surface area contributed by atoms with Crippen LogP contribution in [-0.4, -0.2) is 17.5 Å². The standard InChI is InChI=1S/C23H26N4O/c1-2-24-23(27-17-21-12-6-7-14-25-21)26-16-20-11-8-13-22(15-20)28-18-19-9-4-3-5-10-19/h3-15H,2,16-18H2,1H3,(H2,24,26,27). The second-order valence-corrected chi connectivity index (χ2v) is 6.29. The van der Waals surface area contributed by atoms with Gasteiger partial charge in [-0.2, -0.15) is 0 Å². The molecule has 3 rings (SSSR count). The summed E-state index contributed by atoms with van der Waals surface area (Å²) in [6.07, 6.45) is 1.79. The number of rotatable bonds is 8. The van der Waals surface area contributed by atoms with Gasteiger partial charge in [-0.25, -0.2) is 4.99 Å². The Kier molecular flexibility index (Phi) is 7.44. The van der Waals surface area contributed by atoms with Crippen molar-refractivity contribution >= 4 is 5.96 Å². The maximum absolute atomic E-state index is 5.90. The summed E-state index contributed by atoms with van der Waals surface area (Å²) in [6.45, 7) is 4.61. The summed E-state index contributed by atoms with van der Waals surface area (Å²) in [7, 11) is 0. The van der Waals surface area contributed by atoms with Crippen LogP contribution in [0.25, 0.3) is 0 Å². The fourth-order valence-corrected chi connectivity index (χ4v) is 2.66. The molecule has 0 unspecified atom stereocenters. The van der Waals surface area contributed by atoms with Crippen molar-refractivity contribution in [3.05, 3.63) is 95.8 Å². The molecule has 0 saturated heterocycles. The average Bonchev–Trinajstić information content (AvgIpc) is 2.76. The highest BCUT2D eigenvalue weighted by molar-refractivity contribution is 5.79. The molecule has 3 aromatic rings. The third-order valence-corrected chi connectivity index (χ3v) is 4.07. The quantitative estimate of drug-likeness (QED) is 0.464. The number of guanidine groups is 1. The minimum Gasteiger partial charge on any atom is -0.489 e. The van der Waals surface area contributed by atoms with Gasteiger partial charge in [-0.15, -0.1) is 0 Å². The van der Waals surface area contributed by atoms with Crippen LogP contribution in [0.1, 0.15) is 23.7 Å². The zero-order chi connectivity index (χ0) is 19.4. The summed E-state index contributed by atoms with van der Waals surface area (Å²) in [5, 5.41) is 6.58. The van der Waals surface area contributed by atoms with Crippen molar-refractivity contribution in [2.75, 3.05) is 6.54 Å². The lowest BCUT2D eigenvalue weighted by atomic mass is 10.2. The summed E-state index contributed by atoms with van der Waals surface area (Å²) in [5.41, 5.74) is 3.23. The Morgan fingerprint density at radius 3 is 2.54 bits per heavy atom. The maximum atomic E-state index is 5.90. The minimum atomic E-state index is 0.557. The van der Waals surface area contributed by atoms with E-state index in [0.29, 0.717) is 19.7 Å². The van der Waals surface area contributed by atoms with Crippen molar-refractivity contribution in [2.45, 2.75) is 26.6 Å². The Bertz CT molecular complexity index is 866. The van der Waals surface area contributed by atoms with Crippen LogP contribution in [0, 0.1) is 0 Å². The zero-order valence-corrected chi connectivity index (χ0v) is 16.1. The van der Waals surface area contributed by atoms with Crippen molar-refractivity contribution in [1.82, 2.24) is 15.6 Å². The second kappa shape index (κ2) is 10.7. The first kappa shape index (κ1) is 19.4. The average molecular weight is 374 g/mol. The Morgan fingerprint density at radius 1 is 0.929 bits per heavy atom. The van der Waals surface area contributed by atoms with Gasteiger partial charge in [-0.3, -0.25) is 4.98 Å². The number of nitrogens with one attached hydrogen (secondary N) is 2. The highest BCUT2D eigenvalue weighted by Crippen LogP contribution is 2.16. The van der Waals surface area contributed by atoms with E-state index in [1.54, 1.807) is 6.20 Å². The molecule has 144 valence electrons. The number of benzene rings is 2. The predicted molar refractivity (Wildman–Crippen MR) is 113 cm³/mol. The Balaban J connectivity index is 1.57. The first-order valence-corrected chi connectivity index (χ1v) is 9.51. The van der Waals surface area contributed by atoms with Crippen molar-refractivity contribution in [2.24, 2.45) is 4.99 Å². The Morgan fingerprint density at radius 2 is 1.75 bits per heavy atom. The second-order valence-electron chi connectivity index (χ2n) is 6.29. The number of hydrogen-bond donors (Lipinski definition) is 2. The van der Waals surface area contributed by atoms with Crippen molar-refractivity contribution in [1.29, 1.82) is 0 Å². The molecule has 0 bridgehead atoms. The number of hydrogen-bond acceptors (Lipinski definition) is 3. The van der Waals surface area contributed by atoms with Gasteiger partial charge in [0, 0.05) is 12.7 Å². The van der Waals surface area contributed by atoms with E-state index >= 15 is 0 Å². The van der Waals surface area contributed by atoms with Gasteiger partial charge in [0.15, 0.2) is 5.96 Å². The summed E-state index contributed by atoms with van der Waals surface area (Å²) >= 11 is 0. The molecule has 0 spiro atoms. The lowest BCUT2D eigenvalue weighted by Crippen LogP contribution is -2.36. The van der Waals surface area contributed by atoms with E-state index in [9.17, 15) is 0 Å². The number of nitrogens with zero attached hydrogens (tertiary/aromatic N) is 2. The summed E-state index contributed by atoms with van der Waals surface area (Å²) in [4.78, 5) is 8.99. The van der Waals surface area contributed by atoms with Crippen LogP contribution >= 0.6 is 0 Å². The number of pyridine rings is 1. The number of ether oxygens (including phenoxy) is 1. The van der Waals surface area contributed by atoms with Gasteiger partial charge in [-0.1, -0.05) is 48.5 Å². The molecule has 0 aliphatic rings. The molecule has 2 aromatic carbocycles. The summed E-state index contributed by atoms with van der Waals surface area (Å²) < 4.78 is 5.90. The third-order valence-electron chi connectivity index (χ3n) is 4.07. The third kappa shape index (κ3) is 6.43. The highest BCUT2D eigenvalue weighted by atomic mass is 16.5. The molecule has 1 heterocycles. The predicted octanol–water partition coefficient (Wildman–Crippen LogP) is 3.92. The molecule has 0 aliphatic heterocycles. The largest absolute Gasteiger partial charge is 0.489 e. The SMILES string of the molecule is CCNC(=NCc1cccc(OCc2ccccc2)c1)NCc1ccccn1. The van der Waals surface area contributed by atoms with Gasteiger partial charge < -0.3 is 15.4 Å². The smallest absolute Gasteiger partial charge is 0.191 e. The zero-order valence-electron chi connectivity index (χ0n) is 16.1. The molecular formula is C23H26N4O. The van der Waals surface area contributed by atoms with E-state index < -0.39 is 0 Å². The molecule has 0 amide bonds. The van der Waals surface area contributed by atoms with Gasteiger partial charge in [-0.05, 0) is 42.3 Å². The minimum absolute atomic E-state index is 0.557. The van der Waals surface area contributed by atoms with E-state index in [1.165, 1.54) is 0 Å². The normalized spacial score (nSPS) is 11.1. The number of aromatic nitrogens is 1. The van der Waals surface area contributed by atoms with Crippen LogP contribution in [0.4, 0.5) is 0 Å². The molecule has 2 N–H and O–H groups in total. The first-order chi connectivity index (χ1) is 13.8.